The topological polar surface area (TPSA) is 89.6 Å². The van der Waals surface area contributed by atoms with Crippen LogP contribution in [0.1, 0.15) is 10.4 Å². The molecule has 1 atom stereocenters. The van der Waals surface area contributed by atoms with Gasteiger partial charge in [-0.1, -0.05) is 18.2 Å². The maximum Gasteiger partial charge on any atom is 0.283 e. The molecule has 0 aliphatic carbocycles. The Morgan fingerprint density at radius 1 is 1.00 bits per heavy atom. The molecule has 0 radical (unpaired) electrons. The fraction of sp³-hybridized carbons (Fsp3) is 0.105. The van der Waals surface area contributed by atoms with Gasteiger partial charge in [0.2, 0.25) is 6.10 Å². The Balaban J connectivity index is 1.38. The molecular weight excluding hydrogens is 334 g/mol. The van der Waals surface area contributed by atoms with E-state index in [1.54, 1.807) is 48.7 Å². The molecule has 0 unspecified atom stereocenters. The third-order valence-corrected chi connectivity index (χ3v) is 3.97. The number of pyridine rings is 1. The number of para-hydroxylation sites is 2. The van der Waals surface area contributed by atoms with Crippen LogP contribution in [0.25, 0.3) is 10.9 Å². The van der Waals surface area contributed by atoms with Gasteiger partial charge in [0.15, 0.2) is 11.5 Å². The number of carbonyl (C=O) groups is 2. The number of nitrogens with zero attached hydrogens (tertiary/aromatic N) is 1. The van der Waals surface area contributed by atoms with Gasteiger partial charge in [-0.05, 0) is 36.4 Å². The number of hydrogen-bond acceptors (Lipinski definition) is 5. The maximum absolute atomic E-state index is 12.3. The van der Waals surface area contributed by atoms with Gasteiger partial charge < -0.3 is 9.47 Å². The fourth-order valence-corrected chi connectivity index (χ4v) is 2.64. The number of amides is 2. The summed E-state index contributed by atoms with van der Waals surface area (Å²) in [5.41, 5.74) is 5.97. The maximum atomic E-state index is 12.3. The van der Waals surface area contributed by atoms with E-state index in [0.717, 1.165) is 10.9 Å². The molecule has 7 heteroatoms. The zero-order valence-electron chi connectivity index (χ0n) is 13.6. The van der Waals surface area contributed by atoms with E-state index in [9.17, 15) is 9.59 Å². The van der Waals surface area contributed by atoms with Crippen LogP contribution >= 0.6 is 0 Å². The number of aromatic nitrogens is 1. The van der Waals surface area contributed by atoms with Crippen LogP contribution in [-0.4, -0.2) is 29.5 Å². The summed E-state index contributed by atoms with van der Waals surface area (Å²) in [6.45, 7) is 0.0698. The van der Waals surface area contributed by atoms with Crippen LogP contribution in [0.4, 0.5) is 0 Å². The van der Waals surface area contributed by atoms with Crippen molar-refractivity contribution in [1.29, 1.82) is 0 Å². The predicted octanol–water partition coefficient (Wildman–Crippen LogP) is 1.84. The van der Waals surface area contributed by atoms with Crippen LogP contribution < -0.4 is 20.3 Å². The number of benzene rings is 2. The first-order chi connectivity index (χ1) is 12.7. The smallest absolute Gasteiger partial charge is 0.283 e. The van der Waals surface area contributed by atoms with Crippen molar-refractivity contribution < 1.29 is 19.1 Å². The Hall–Kier alpha value is -3.61. The number of nitrogens with one attached hydrogen (secondary N) is 2. The first kappa shape index (κ1) is 15.9. The molecule has 26 heavy (non-hydrogen) atoms. The lowest BCUT2D eigenvalue weighted by Gasteiger charge is -2.25. The van der Waals surface area contributed by atoms with E-state index in [2.05, 4.69) is 15.8 Å². The lowest BCUT2D eigenvalue weighted by Crippen LogP contribution is -2.50. The minimum atomic E-state index is -0.842. The summed E-state index contributed by atoms with van der Waals surface area (Å²) < 4.78 is 11.1. The summed E-state index contributed by atoms with van der Waals surface area (Å²) in [4.78, 5) is 28.7. The Bertz CT molecular complexity index is 989. The van der Waals surface area contributed by atoms with E-state index in [1.165, 1.54) is 0 Å². The van der Waals surface area contributed by atoms with Gasteiger partial charge in [0.1, 0.15) is 6.61 Å². The lowest BCUT2D eigenvalue weighted by molar-refractivity contribution is -0.131. The summed E-state index contributed by atoms with van der Waals surface area (Å²) in [7, 11) is 0. The van der Waals surface area contributed by atoms with Gasteiger partial charge in [0, 0.05) is 17.1 Å². The minimum absolute atomic E-state index is 0.0698. The third-order valence-electron chi connectivity index (χ3n) is 3.97. The van der Waals surface area contributed by atoms with E-state index < -0.39 is 17.9 Å². The molecule has 2 aromatic carbocycles. The van der Waals surface area contributed by atoms with Gasteiger partial charge in [-0.2, -0.15) is 0 Å². The molecule has 0 saturated heterocycles. The molecule has 130 valence electrons. The molecule has 0 fully saturated rings. The molecule has 4 rings (SSSR count). The summed E-state index contributed by atoms with van der Waals surface area (Å²) >= 11 is 0. The van der Waals surface area contributed by atoms with Crippen molar-refractivity contribution in [2.45, 2.75) is 6.10 Å². The highest BCUT2D eigenvalue weighted by molar-refractivity contribution is 5.98. The van der Waals surface area contributed by atoms with Crippen molar-refractivity contribution in [3.63, 3.8) is 0 Å². The first-order valence-electron chi connectivity index (χ1n) is 8.04. The Morgan fingerprint density at radius 3 is 2.73 bits per heavy atom. The zero-order valence-corrected chi connectivity index (χ0v) is 13.6. The van der Waals surface area contributed by atoms with Crippen LogP contribution in [0, 0.1) is 0 Å². The summed E-state index contributed by atoms with van der Waals surface area (Å²) in [6, 6.07) is 15.9. The number of fused-ring (bicyclic) bond motifs is 2. The predicted molar refractivity (Wildman–Crippen MR) is 93.7 cm³/mol. The molecule has 0 saturated carbocycles. The quantitative estimate of drug-likeness (QED) is 0.689. The van der Waals surface area contributed by atoms with Crippen LogP contribution in [-0.2, 0) is 4.79 Å². The second-order valence-corrected chi connectivity index (χ2v) is 5.72. The van der Waals surface area contributed by atoms with Crippen LogP contribution in [0.3, 0.4) is 0 Å². The molecular formula is C19H15N3O4. The number of hydrogen-bond donors (Lipinski definition) is 2. The number of carbonyl (C=O) groups excluding carboxylic acids is 2. The van der Waals surface area contributed by atoms with E-state index in [-0.39, 0.29) is 6.61 Å². The Kier molecular flexibility index (Phi) is 4.10. The van der Waals surface area contributed by atoms with Gasteiger partial charge in [0.05, 0.1) is 5.52 Å². The standard InChI is InChI=1S/C19H15N3O4/c23-18(13-7-8-14-12(10-13)4-3-9-20-14)21-22-19(24)17-11-25-15-5-1-2-6-16(15)26-17/h1-10,17H,11H2,(H,21,23)(H,22,24)/t17-/m0/s1. The van der Waals surface area contributed by atoms with Gasteiger partial charge in [-0.25, -0.2) is 0 Å². The molecule has 1 aromatic heterocycles. The zero-order chi connectivity index (χ0) is 17.9. The second-order valence-electron chi connectivity index (χ2n) is 5.72. The molecule has 1 aliphatic heterocycles. The van der Waals surface area contributed by atoms with E-state index in [1.807, 2.05) is 12.1 Å². The van der Waals surface area contributed by atoms with Crippen molar-refractivity contribution in [3.8, 4) is 11.5 Å². The second kappa shape index (κ2) is 6.72. The highest BCUT2D eigenvalue weighted by Crippen LogP contribution is 2.30. The Labute approximate surface area is 148 Å². The summed E-state index contributed by atoms with van der Waals surface area (Å²) in [5.74, 6) is 0.161. The van der Waals surface area contributed by atoms with Crippen LogP contribution in [0.15, 0.2) is 60.8 Å². The summed E-state index contributed by atoms with van der Waals surface area (Å²) in [6.07, 6.45) is 0.846. The van der Waals surface area contributed by atoms with Gasteiger partial charge >= 0.3 is 0 Å². The fourth-order valence-electron chi connectivity index (χ4n) is 2.64. The lowest BCUT2D eigenvalue weighted by atomic mass is 10.1. The number of ether oxygens (including phenoxy) is 2. The van der Waals surface area contributed by atoms with E-state index >= 15 is 0 Å². The van der Waals surface area contributed by atoms with Crippen molar-refractivity contribution in [2.75, 3.05) is 6.61 Å². The SMILES string of the molecule is O=C(NNC(=O)[C@@H]1COc2ccccc2O1)c1ccc2ncccc2c1. The van der Waals surface area contributed by atoms with Gasteiger partial charge in [-0.3, -0.25) is 25.4 Å². The minimum Gasteiger partial charge on any atom is -0.485 e. The van der Waals surface area contributed by atoms with Crippen LogP contribution in [0.5, 0.6) is 11.5 Å². The average molecular weight is 349 g/mol. The van der Waals surface area contributed by atoms with E-state index in [4.69, 9.17) is 9.47 Å². The average Bonchev–Trinajstić information content (AvgIpc) is 2.71. The number of rotatable bonds is 2. The normalized spacial score (nSPS) is 15.3. The van der Waals surface area contributed by atoms with Crippen molar-refractivity contribution >= 4 is 22.7 Å². The number of hydrazine groups is 1. The molecule has 2 amide bonds. The third kappa shape index (κ3) is 3.14. The van der Waals surface area contributed by atoms with Crippen molar-refractivity contribution in [3.05, 3.63) is 66.4 Å². The largest absolute Gasteiger partial charge is 0.485 e. The van der Waals surface area contributed by atoms with Crippen molar-refractivity contribution in [1.82, 2.24) is 15.8 Å². The molecule has 0 bridgehead atoms. The summed E-state index contributed by atoms with van der Waals surface area (Å²) in [5, 5.41) is 0.840. The molecule has 2 N–H and O–H groups in total. The first-order valence-corrected chi connectivity index (χ1v) is 8.04. The molecule has 0 spiro atoms. The van der Waals surface area contributed by atoms with E-state index in [0.29, 0.717) is 17.1 Å². The molecule has 7 nitrogen and oxygen atoms in total. The molecule has 2 heterocycles. The Morgan fingerprint density at radius 2 is 1.85 bits per heavy atom. The highest BCUT2D eigenvalue weighted by Gasteiger charge is 2.27. The van der Waals surface area contributed by atoms with Crippen LogP contribution in [0.2, 0.25) is 0 Å². The van der Waals surface area contributed by atoms with Gasteiger partial charge in [-0.15, -0.1) is 0 Å². The highest BCUT2D eigenvalue weighted by atomic mass is 16.6. The molecule has 1 aliphatic rings. The monoisotopic (exact) mass is 349 g/mol. The van der Waals surface area contributed by atoms with Gasteiger partial charge in [0.25, 0.3) is 11.8 Å². The van der Waals surface area contributed by atoms with Crippen molar-refractivity contribution in [2.24, 2.45) is 0 Å². The molecule has 3 aromatic rings.